The van der Waals surface area contributed by atoms with Crippen molar-refractivity contribution in [3.05, 3.63) is 94.8 Å². The zero-order valence-corrected chi connectivity index (χ0v) is 24.1. The third kappa shape index (κ3) is 7.01. The topological polar surface area (TPSA) is 86.8 Å². The van der Waals surface area contributed by atoms with Crippen molar-refractivity contribution >= 4 is 39.1 Å². The van der Waals surface area contributed by atoms with Gasteiger partial charge in [0.15, 0.2) is 0 Å². The SMILES string of the molecule is Cc1ccc(CN(C(=O)CN(c2ccc(F)c(Cl)c2)S(=O)(=O)c2ccccc2)[C@H](C)C(=O)NC2CCCC2)cc1. The van der Waals surface area contributed by atoms with E-state index in [4.69, 9.17) is 11.6 Å². The number of hydrogen-bond acceptors (Lipinski definition) is 4. The largest absolute Gasteiger partial charge is 0.352 e. The van der Waals surface area contributed by atoms with Crippen LogP contribution in [0, 0.1) is 12.7 Å². The summed E-state index contributed by atoms with van der Waals surface area (Å²) in [5.74, 6) is -1.60. The Bertz CT molecular complexity index is 1450. The average Bonchev–Trinajstić information content (AvgIpc) is 3.46. The maximum absolute atomic E-state index is 14.0. The zero-order chi connectivity index (χ0) is 28.9. The first kappa shape index (κ1) is 29.6. The summed E-state index contributed by atoms with van der Waals surface area (Å²) in [6, 6.07) is 17.9. The summed E-state index contributed by atoms with van der Waals surface area (Å²) >= 11 is 6.00. The predicted octanol–water partition coefficient (Wildman–Crippen LogP) is 5.46. The van der Waals surface area contributed by atoms with Crippen molar-refractivity contribution in [3.8, 4) is 0 Å². The van der Waals surface area contributed by atoms with Gasteiger partial charge in [-0.05, 0) is 62.6 Å². The minimum Gasteiger partial charge on any atom is -0.352 e. The number of anilines is 1. The van der Waals surface area contributed by atoms with Crippen LogP contribution in [-0.2, 0) is 26.2 Å². The van der Waals surface area contributed by atoms with Crippen LogP contribution >= 0.6 is 11.6 Å². The van der Waals surface area contributed by atoms with Crippen LogP contribution in [0.5, 0.6) is 0 Å². The van der Waals surface area contributed by atoms with Crippen LogP contribution in [0.4, 0.5) is 10.1 Å². The van der Waals surface area contributed by atoms with E-state index >= 15 is 0 Å². The van der Waals surface area contributed by atoms with Gasteiger partial charge in [0.1, 0.15) is 18.4 Å². The lowest BCUT2D eigenvalue weighted by atomic mass is 10.1. The van der Waals surface area contributed by atoms with Gasteiger partial charge in [0.2, 0.25) is 11.8 Å². The number of sulfonamides is 1. The molecule has 10 heteroatoms. The molecule has 0 unspecified atom stereocenters. The Labute approximate surface area is 240 Å². The quantitative estimate of drug-likeness (QED) is 0.342. The fraction of sp³-hybridized carbons (Fsp3) is 0.333. The highest BCUT2D eigenvalue weighted by molar-refractivity contribution is 7.92. The van der Waals surface area contributed by atoms with Gasteiger partial charge in [-0.1, -0.05) is 72.5 Å². The monoisotopic (exact) mass is 585 g/mol. The lowest BCUT2D eigenvalue weighted by Gasteiger charge is -2.32. The maximum Gasteiger partial charge on any atom is 0.264 e. The minimum atomic E-state index is -4.25. The molecule has 0 heterocycles. The summed E-state index contributed by atoms with van der Waals surface area (Å²) in [4.78, 5) is 28.5. The third-order valence-corrected chi connectivity index (χ3v) is 9.22. The number of aryl methyl sites for hydroxylation is 1. The van der Waals surface area contributed by atoms with Crippen LogP contribution in [0.15, 0.2) is 77.7 Å². The first-order valence-corrected chi connectivity index (χ1v) is 15.1. The van der Waals surface area contributed by atoms with Gasteiger partial charge in [0.05, 0.1) is 15.6 Å². The zero-order valence-electron chi connectivity index (χ0n) is 22.5. The Hall–Kier alpha value is -3.43. The van der Waals surface area contributed by atoms with Crippen molar-refractivity contribution in [2.45, 2.75) is 63.1 Å². The normalized spacial score (nSPS) is 14.5. The summed E-state index contributed by atoms with van der Waals surface area (Å²) in [5.41, 5.74) is 1.87. The molecule has 1 saturated carbocycles. The van der Waals surface area contributed by atoms with E-state index in [2.05, 4.69) is 5.32 Å². The van der Waals surface area contributed by atoms with Crippen LogP contribution in [0.3, 0.4) is 0 Å². The Morgan fingerprint density at radius 3 is 2.30 bits per heavy atom. The number of hydrogen-bond donors (Lipinski definition) is 1. The summed E-state index contributed by atoms with van der Waals surface area (Å²) in [6.07, 6.45) is 3.85. The molecule has 0 bridgehead atoms. The number of amides is 2. The minimum absolute atomic E-state index is 0.0296. The Balaban J connectivity index is 1.69. The molecule has 3 aromatic rings. The van der Waals surface area contributed by atoms with E-state index < -0.39 is 34.3 Å². The molecule has 1 N–H and O–H groups in total. The first-order valence-electron chi connectivity index (χ1n) is 13.2. The fourth-order valence-corrected chi connectivity index (χ4v) is 6.36. The van der Waals surface area contributed by atoms with Crippen LogP contribution in [0.1, 0.15) is 43.7 Å². The molecular weight excluding hydrogens is 553 g/mol. The molecule has 1 fully saturated rings. The van der Waals surface area contributed by atoms with Gasteiger partial charge in [0.25, 0.3) is 10.0 Å². The lowest BCUT2D eigenvalue weighted by Crippen LogP contribution is -2.52. The van der Waals surface area contributed by atoms with Crippen LogP contribution < -0.4 is 9.62 Å². The number of rotatable bonds is 10. The molecule has 2 amide bonds. The average molecular weight is 586 g/mol. The van der Waals surface area contributed by atoms with Crippen molar-refractivity contribution in [1.82, 2.24) is 10.2 Å². The maximum atomic E-state index is 14.0. The molecule has 0 spiro atoms. The van der Waals surface area contributed by atoms with E-state index in [1.807, 2.05) is 31.2 Å². The molecule has 0 radical (unpaired) electrons. The van der Waals surface area contributed by atoms with Crippen molar-refractivity contribution in [2.24, 2.45) is 0 Å². The summed E-state index contributed by atoms with van der Waals surface area (Å²) in [7, 11) is -4.25. The van der Waals surface area contributed by atoms with Gasteiger partial charge in [-0.25, -0.2) is 12.8 Å². The van der Waals surface area contributed by atoms with E-state index in [0.717, 1.165) is 47.2 Å². The summed E-state index contributed by atoms with van der Waals surface area (Å²) in [5, 5.41) is 2.76. The fourth-order valence-electron chi connectivity index (χ4n) is 4.75. The number of nitrogens with zero attached hydrogens (tertiary/aromatic N) is 2. The van der Waals surface area contributed by atoms with E-state index in [9.17, 15) is 22.4 Å². The summed E-state index contributed by atoms with van der Waals surface area (Å²) in [6.45, 7) is 3.07. The van der Waals surface area contributed by atoms with Gasteiger partial charge in [-0.2, -0.15) is 0 Å². The molecule has 1 aliphatic rings. The van der Waals surface area contributed by atoms with Crippen molar-refractivity contribution in [2.75, 3.05) is 10.8 Å². The molecular formula is C30H33ClFN3O4S. The number of nitrogens with one attached hydrogen (secondary N) is 1. The van der Waals surface area contributed by atoms with Crippen LogP contribution in [0.25, 0.3) is 0 Å². The number of carbonyl (C=O) groups excluding carboxylic acids is 2. The first-order chi connectivity index (χ1) is 19.1. The second-order valence-electron chi connectivity index (χ2n) is 10.1. The molecule has 4 rings (SSSR count). The lowest BCUT2D eigenvalue weighted by molar-refractivity contribution is -0.139. The van der Waals surface area contributed by atoms with Gasteiger partial charge in [0, 0.05) is 12.6 Å². The molecule has 40 heavy (non-hydrogen) atoms. The van der Waals surface area contributed by atoms with Gasteiger partial charge < -0.3 is 10.2 Å². The second-order valence-corrected chi connectivity index (χ2v) is 12.4. The Morgan fingerprint density at radius 1 is 1.02 bits per heavy atom. The highest BCUT2D eigenvalue weighted by atomic mass is 35.5. The number of benzene rings is 3. The standard InChI is InChI=1S/C30H33ClFN3O4S/c1-21-12-14-23(15-13-21)19-34(22(2)30(37)33-24-8-6-7-9-24)29(36)20-35(25-16-17-28(32)27(31)18-25)40(38,39)26-10-4-3-5-11-26/h3-5,10-18,22,24H,6-9,19-20H2,1-2H3,(H,33,37)/t22-/m1/s1. The molecule has 0 aromatic heterocycles. The van der Waals surface area contributed by atoms with Gasteiger partial charge in [-0.3, -0.25) is 13.9 Å². The number of halogens is 2. The molecule has 3 aromatic carbocycles. The molecule has 0 saturated heterocycles. The highest BCUT2D eigenvalue weighted by Crippen LogP contribution is 2.28. The van der Waals surface area contributed by atoms with Crippen LogP contribution in [0.2, 0.25) is 5.02 Å². The van der Waals surface area contributed by atoms with Crippen molar-refractivity contribution in [3.63, 3.8) is 0 Å². The van der Waals surface area contributed by atoms with Crippen molar-refractivity contribution in [1.29, 1.82) is 0 Å². The van der Waals surface area contributed by atoms with Gasteiger partial charge >= 0.3 is 0 Å². The summed E-state index contributed by atoms with van der Waals surface area (Å²) < 4.78 is 42.4. The van der Waals surface area contributed by atoms with Crippen LogP contribution in [-0.4, -0.2) is 43.8 Å². The number of carbonyl (C=O) groups is 2. The van der Waals surface area contributed by atoms with E-state index in [1.54, 1.807) is 25.1 Å². The molecule has 7 nitrogen and oxygen atoms in total. The molecule has 1 aliphatic carbocycles. The van der Waals surface area contributed by atoms with Crippen molar-refractivity contribution < 1.29 is 22.4 Å². The third-order valence-electron chi connectivity index (χ3n) is 7.14. The highest BCUT2D eigenvalue weighted by Gasteiger charge is 2.33. The Kier molecular flexibility index (Phi) is 9.48. The second kappa shape index (κ2) is 12.8. The predicted molar refractivity (Wildman–Crippen MR) is 154 cm³/mol. The smallest absolute Gasteiger partial charge is 0.264 e. The molecule has 212 valence electrons. The molecule has 0 aliphatic heterocycles. The Morgan fingerprint density at radius 2 is 1.68 bits per heavy atom. The van der Waals surface area contributed by atoms with E-state index in [-0.39, 0.29) is 34.1 Å². The van der Waals surface area contributed by atoms with Gasteiger partial charge in [-0.15, -0.1) is 0 Å². The van der Waals surface area contributed by atoms with E-state index in [0.29, 0.717) is 0 Å². The van der Waals surface area contributed by atoms with E-state index in [1.165, 1.54) is 29.2 Å². The molecule has 1 atom stereocenters.